The van der Waals surface area contributed by atoms with Crippen LogP contribution in [-0.4, -0.2) is 39.3 Å². The van der Waals surface area contributed by atoms with Gasteiger partial charge in [-0.25, -0.2) is 13.8 Å². The summed E-state index contributed by atoms with van der Waals surface area (Å²) >= 11 is 0. The van der Waals surface area contributed by atoms with E-state index in [-0.39, 0.29) is 17.2 Å². The van der Waals surface area contributed by atoms with E-state index in [0.717, 1.165) is 19.5 Å². The fraction of sp³-hybridized carbons (Fsp3) is 0.261. The van der Waals surface area contributed by atoms with E-state index < -0.39 is 11.6 Å². The molecule has 0 spiro atoms. The summed E-state index contributed by atoms with van der Waals surface area (Å²) in [5, 5.41) is 14.5. The number of nitrogens with one attached hydrogen (secondary N) is 4. The minimum absolute atomic E-state index is 0.110. The normalized spacial score (nSPS) is 18.7. The lowest BCUT2D eigenvalue weighted by Gasteiger charge is -2.28. The summed E-state index contributed by atoms with van der Waals surface area (Å²) < 4.78 is 28.6. The Morgan fingerprint density at radius 1 is 1.09 bits per heavy atom. The van der Waals surface area contributed by atoms with Crippen LogP contribution < -0.4 is 16.2 Å². The van der Waals surface area contributed by atoms with Crippen molar-refractivity contribution >= 4 is 16.9 Å². The second-order valence-corrected chi connectivity index (χ2v) is 8.25. The van der Waals surface area contributed by atoms with Gasteiger partial charge in [0.1, 0.15) is 23.0 Å². The zero-order valence-corrected chi connectivity index (χ0v) is 17.4. The highest BCUT2D eigenvalue weighted by atomic mass is 19.1. The average Bonchev–Trinajstić information content (AvgIpc) is 3.17. The molecule has 2 atom stereocenters. The minimum atomic E-state index is -0.648. The molecule has 0 radical (unpaired) electrons. The number of piperidine rings is 1. The third-order valence-electron chi connectivity index (χ3n) is 5.71. The Balaban J connectivity index is 1.55. The van der Waals surface area contributed by atoms with Crippen molar-refractivity contribution in [2.75, 3.05) is 18.4 Å². The summed E-state index contributed by atoms with van der Waals surface area (Å²) in [5.74, 6) is -0.416. The monoisotopic (exact) mass is 436 g/mol. The van der Waals surface area contributed by atoms with Crippen LogP contribution in [0.1, 0.15) is 13.3 Å². The lowest BCUT2D eigenvalue weighted by Crippen LogP contribution is -2.42. The Morgan fingerprint density at radius 3 is 2.69 bits per heavy atom. The highest BCUT2D eigenvalue weighted by Gasteiger charge is 2.20. The molecule has 0 amide bonds. The number of rotatable bonds is 4. The molecule has 9 heteroatoms. The maximum atomic E-state index is 14.3. The number of halogens is 2. The molecule has 1 saturated heterocycles. The Bertz CT molecular complexity index is 1330. The molecule has 5 rings (SSSR count). The number of benzene rings is 2. The topological polar surface area (TPSA) is 98.5 Å². The molecule has 32 heavy (non-hydrogen) atoms. The lowest BCUT2D eigenvalue weighted by molar-refractivity contribution is 0.377. The van der Waals surface area contributed by atoms with Crippen LogP contribution in [-0.2, 0) is 0 Å². The fourth-order valence-corrected chi connectivity index (χ4v) is 4.25. The SMILES string of the molecule is C[C@@H]1CNC[C@@H](Nc2nc(-c3n[nH]c4ccc(-c5c(F)cccc5F)cc34)cc(=O)[nH]2)C1. The Labute approximate surface area is 182 Å². The number of hydrogen-bond donors (Lipinski definition) is 4. The van der Waals surface area contributed by atoms with Gasteiger partial charge in [0.2, 0.25) is 5.95 Å². The second kappa shape index (κ2) is 8.16. The largest absolute Gasteiger partial charge is 0.352 e. The number of anilines is 1. The Morgan fingerprint density at radius 2 is 1.91 bits per heavy atom. The summed E-state index contributed by atoms with van der Waals surface area (Å²) in [6, 6.07) is 10.2. The molecular formula is C23H22F2N6O. The third kappa shape index (κ3) is 3.87. The van der Waals surface area contributed by atoms with Crippen molar-refractivity contribution in [3.63, 3.8) is 0 Å². The van der Waals surface area contributed by atoms with Crippen LogP contribution in [0.4, 0.5) is 14.7 Å². The molecule has 2 aromatic carbocycles. The molecular weight excluding hydrogens is 414 g/mol. The highest BCUT2D eigenvalue weighted by molar-refractivity contribution is 5.95. The predicted molar refractivity (Wildman–Crippen MR) is 119 cm³/mol. The Hall–Kier alpha value is -3.59. The van der Waals surface area contributed by atoms with Crippen LogP contribution in [0.15, 0.2) is 47.3 Å². The van der Waals surface area contributed by atoms with Gasteiger partial charge in [0.05, 0.1) is 11.1 Å². The summed E-state index contributed by atoms with van der Waals surface area (Å²) in [7, 11) is 0. The van der Waals surface area contributed by atoms with E-state index in [1.165, 1.54) is 24.3 Å². The molecule has 0 unspecified atom stereocenters. The van der Waals surface area contributed by atoms with Gasteiger partial charge in [-0.05, 0) is 48.7 Å². The predicted octanol–water partition coefficient (Wildman–Crippen LogP) is 3.67. The van der Waals surface area contributed by atoms with Crippen molar-refractivity contribution in [1.29, 1.82) is 0 Å². The van der Waals surface area contributed by atoms with Gasteiger partial charge in [-0.2, -0.15) is 5.10 Å². The molecule has 4 N–H and O–H groups in total. The van der Waals surface area contributed by atoms with Crippen LogP contribution in [0.2, 0.25) is 0 Å². The van der Waals surface area contributed by atoms with Gasteiger partial charge in [0.25, 0.3) is 5.56 Å². The first-order valence-electron chi connectivity index (χ1n) is 10.5. The van der Waals surface area contributed by atoms with Gasteiger partial charge in [0.15, 0.2) is 0 Å². The quantitative estimate of drug-likeness (QED) is 0.391. The summed E-state index contributed by atoms with van der Waals surface area (Å²) in [6.45, 7) is 3.91. The number of aromatic amines is 2. The summed E-state index contributed by atoms with van der Waals surface area (Å²) in [5.41, 5.74) is 1.42. The zero-order chi connectivity index (χ0) is 22.2. The standard InChI is InChI=1S/C23H22F2N6O/c1-12-7-14(11-26-10-12)27-23-28-19(9-20(32)29-23)22-15-8-13(5-6-18(15)30-31-22)21-16(24)3-2-4-17(21)25/h2-6,8-9,12,14,26H,7,10-11H2,1H3,(H,30,31)(H2,27,28,29,32)/t12-,14-/m0/s1. The van der Waals surface area contributed by atoms with Crippen LogP contribution >= 0.6 is 0 Å². The molecule has 2 aromatic heterocycles. The first-order valence-corrected chi connectivity index (χ1v) is 10.5. The molecule has 4 aromatic rings. The lowest BCUT2D eigenvalue weighted by atomic mass is 9.98. The van der Waals surface area contributed by atoms with Crippen LogP contribution in [0.3, 0.4) is 0 Å². The van der Waals surface area contributed by atoms with Crippen molar-refractivity contribution in [2.24, 2.45) is 5.92 Å². The third-order valence-corrected chi connectivity index (χ3v) is 5.71. The maximum Gasteiger partial charge on any atom is 0.252 e. The molecule has 0 saturated carbocycles. The molecule has 0 bridgehead atoms. The Kier molecular flexibility index (Phi) is 5.18. The number of H-pyrrole nitrogens is 2. The van der Waals surface area contributed by atoms with E-state index in [1.54, 1.807) is 18.2 Å². The van der Waals surface area contributed by atoms with E-state index in [0.29, 0.717) is 39.7 Å². The molecule has 7 nitrogen and oxygen atoms in total. The summed E-state index contributed by atoms with van der Waals surface area (Å²) in [4.78, 5) is 19.6. The number of nitrogens with zero attached hydrogens (tertiary/aromatic N) is 2. The molecule has 1 aliphatic rings. The van der Waals surface area contributed by atoms with E-state index in [9.17, 15) is 13.6 Å². The van der Waals surface area contributed by atoms with E-state index in [1.807, 2.05) is 0 Å². The molecule has 0 aliphatic carbocycles. The van der Waals surface area contributed by atoms with Crippen LogP contribution in [0.25, 0.3) is 33.4 Å². The number of hydrogen-bond acceptors (Lipinski definition) is 5. The highest BCUT2D eigenvalue weighted by Crippen LogP contribution is 2.32. The van der Waals surface area contributed by atoms with Gasteiger partial charge in [-0.15, -0.1) is 0 Å². The zero-order valence-electron chi connectivity index (χ0n) is 17.4. The molecule has 1 fully saturated rings. The van der Waals surface area contributed by atoms with E-state index >= 15 is 0 Å². The second-order valence-electron chi connectivity index (χ2n) is 8.25. The van der Waals surface area contributed by atoms with Gasteiger partial charge in [0, 0.05) is 24.0 Å². The average molecular weight is 436 g/mol. The van der Waals surface area contributed by atoms with Crippen molar-refractivity contribution in [3.05, 3.63) is 64.5 Å². The maximum absolute atomic E-state index is 14.3. The van der Waals surface area contributed by atoms with Gasteiger partial charge < -0.3 is 10.6 Å². The van der Waals surface area contributed by atoms with Crippen LogP contribution in [0, 0.1) is 17.6 Å². The molecule has 164 valence electrons. The molecule has 3 heterocycles. The van der Waals surface area contributed by atoms with Gasteiger partial charge >= 0.3 is 0 Å². The number of fused-ring (bicyclic) bond motifs is 1. The van der Waals surface area contributed by atoms with Crippen molar-refractivity contribution in [2.45, 2.75) is 19.4 Å². The number of aromatic nitrogens is 4. The van der Waals surface area contributed by atoms with E-state index in [2.05, 4.69) is 37.7 Å². The van der Waals surface area contributed by atoms with Crippen molar-refractivity contribution < 1.29 is 8.78 Å². The van der Waals surface area contributed by atoms with Crippen molar-refractivity contribution in [1.82, 2.24) is 25.5 Å². The first-order chi connectivity index (χ1) is 15.5. The van der Waals surface area contributed by atoms with Gasteiger partial charge in [-0.1, -0.05) is 19.1 Å². The van der Waals surface area contributed by atoms with Crippen LogP contribution in [0.5, 0.6) is 0 Å². The summed E-state index contributed by atoms with van der Waals surface area (Å²) in [6.07, 6.45) is 0.962. The van der Waals surface area contributed by atoms with Gasteiger partial charge in [-0.3, -0.25) is 14.9 Å². The molecule has 1 aliphatic heterocycles. The minimum Gasteiger partial charge on any atom is -0.352 e. The fourth-order valence-electron chi connectivity index (χ4n) is 4.25. The van der Waals surface area contributed by atoms with E-state index in [4.69, 9.17) is 0 Å². The van der Waals surface area contributed by atoms with Crippen molar-refractivity contribution in [3.8, 4) is 22.5 Å². The smallest absolute Gasteiger partial charge is 0.252 e. The first kappa shape index (κ1) is 20.3.